The van der Waals surface area contributed by atoms with Crippen LogP contribution >= 0.6 is 0 Å². The van der Waals surface area contributed by atoms with E-state index in [0.717, 1.165) is 17.5 Å². The van der Waals surface area contributed by atoms with Crippen molar-refractivity contribution in [3.05, 3.63) is 59.7 Å². The normalized spacial score (nSPS) is 11.2. The quantitative estimate of drug-likeness (QED) is 0.528. The van der Waals surface area contributed by atoms with E-state index in [1.54, 1.807) is 17.0 Å². The van der Waals surface area contributed by atoms with Crippen molar-refractivity contribution in [1.29, 1.82) is 0 Å². The lowest BCUT2D eigenvalue weighted by Crippen LogP contribution is -2.33. The van der Waals surface area contributed by atoms with Crippen molar-refractivity contribution in [3.63, 3.8) is 0 Å². The Morgan fingerprint density at radius 2 is 1.90 bits per heavy atom. The number of aldehydes is 1. The number of hydrogen-bond acceptors (Lipinski definition) is 2. The van der Waals surface area contributed by atoms with Crippen LogP contribution in [0, 0.1) is 6.92 Å². The van der Waals surface area contributed by atoms with Gasteiger partial charge < -0.3 is 10.6 Å². The van der Waals surface area contributed by atoms with E-state index in [-0.39, 0.29) is 0 Å². The summed E-state index contributed by atoms with van der Waals surface area (Å²) in [5, 5.41) is 0. The molecule has 0 heterocycles. The predicted octanol–water partition coefficient (Wildman–Crippen LogP) is 2.89. The molecule has 0 aliphatic rings. The van der Waals surface area contributed by atoms with Crippen LogP contribution in [0.5, 0.6) is 0 Å². The van der Waals surface area contributed by atoms with E-state index in [0.29, 0.717) is 17.2 Å². The first-order valence-electron chi connectivity index (χ1n) is 6.30. The molecule has 4 heteroatoms. The summed E-state index contributed by atoms with van der Waals surface area (Å²) in [4.78, 5) is 17.2. The number of nitrogens with two attached hydrogens (primary N) is 1. The third-order valence-corrected chi connectivity index (χ3v) is 3.03. The van der Waals surface area contributed by atoms with Crippen molar-refractivity contribution in [2.24, 2.45) is 10.7 Å². The van der Waals surface area contributed by atoms with Gasteiger partial charge in [-0.25, -0.2) is 4.99 Å². The number of guanidine groups is 1. The van der Waals surface area contributed by atoms with Crippen molar-refractivity contribution in [1.82, 2.24) is 0 Å². The van der Waals surface area contributed by atoms with Crippen molar-refractivity contribution >= 4 is 23.6 Å². The van der Waals surface area contributed by atoms with Gasteiger partial charge in [0.25, 0.3) is 0 Å². The largest absolute Gasteiger partial charge is 0.369 e. The van der Waals surface area contributed by atoms with Crippen molar-refractivity contribution in [2.75, 3.05) is 11.9 Å². The molecule has 0 aromatic heterocycles. The molecule has 0 spiro atoms. The molecule has 2 aromatic carbocycles. The van der Waals surface area contributed by atoms with Crippen LogP contribution in [-0.2, 0) is 0 Å². The number of carbonyl (C=O) groups is 1. The number of hydrogen-bond donors (Lipinski definition) is 1. The molecule has 2 aromatic rings. The summed E-state index contributed by atoms with van der Waals surface area (Å²) >= 11 is 0. The number of carbonyl (C=O) groups excluding carboxylic acids is 1. The Morgan fingerprint density at radius 1 is 1.20 bits per heavy atom. The van der Waals surface area contributed by atoms with Crippen LogP contribution in [-0.4, -0.2) is 19.3 Å². The predicted molar refractivity (Wildman–Crippen MR) is 82.7 cm³/mol. The number of para-hydroxylation sites is 1. The molecule has 0 bridgehead atoms. The zero-order valence-electron chi connectivity index (χ0n) is 11.6. The minimum absolute atomic E-state index is 0.336. The van der Waals surface area contributed by atoms with E-state index >= 15 is 0 Å². The van der Waals surface area contributed by atoms with E-state index in [2.05, 4.69) is 4.99 Å². The lowest BCUT2D eigenvalue weighted by molar-refractivity contribution is 0.112. The Bertz CT molecular complexity index is 635. The van der Waals surface area contributed by atoms with Crippen LogP contribution in [0.25, 0.3) is 0 Å². The fourth-order valence-electron chi connectivity index (χ4n) is 1.85. The molecule has 0 saturated heterocycles. The molecular formula is C16H17N3O. The van der Waals surface area contributed by atoms with Gasteiger partial charge in [-0.15, -0.1) is 0 Å². The molecule has 0 saturated carbocycles. The van der Waals surface area contributed by atoms with E-state index in [1.165, 1.54) is 0 Å². The van der Waals surface area contributed by atoms with Gasteiger partial charge in [-0.05, 0) is 31.2 Å². The van der Waals surface area contributed by atoms with E-state index in [4.69, 9.17) is 5.73 Å². The van der Waals surface area contributed by atoms with Gasteiger partial charge in [0.15, 0.2) is 6.29 Å². The summed E-state index contributed by atoms with van der Waals surface area (Å²) in [6.07, 6.45) is 0.793. The molecule has 0 amide bonds. The Labute approximate surface area is 118 Å². The lowest BCUT2D eigenvalue weighted by atomic mass is 10.1. The fraction of sp³-hybridized carbons (Fsp3) is 0.125. The summed E-state index contributed by atoms with van der Waals surface area (Å²) in [6, 6.07) is 15.2. The minimum atomic E-state index is 0.336. The highest BCUT2D eigenvalue weighted by atomic mass is 16.1. The van der Waals surface area contributed by atoms with Crippen molar-refractivity contribution < 1.29 is 4.79 Å². The standard InChI is InChI=1S/C16H17N3O/c1-12-8-9-15(13(10-12)11-20)18-16(17)19(2)14-6-4-3-5-7-14/h3-11H,1-2H3,(H2,17,18). The maximum atomic E-state index is 11.1. The number of aliphatic imine (C=N–C) groups is 1. The Kier molecular flexibility index (Phi) is 4.15. The second-order valence-electron chi connectivity index (χ2n) is 4.54. The second-order valence-corrected chi connectivity index (χ2v) is 4.54. The Morgan fingerprint density at radius 3 is 2.55 bits per heavy atom. The zero-order valence-corrected chi connectivity index (χ0v) is 11.6. The summed E-state index contributed by atoms with van der Waals surface area (Å²) in [7, 11) is 1.84. The number of nitrogens with zero attached hydrogens (tertiary/aromatic N) is 2. The highest BCUT2D eigenvalue weighted by Crippen LogP contribution is 2.20. The second kappa shape index (κ2) is 6.02. The Hall–Kier alpha value is -2.62. The van der Waals surface area contributed by atoms with Gasteiger partial charge in [0, 0.05) is 18.3 Å². The fourth-order valence-corrected chi connectivity index (χ4v) is 1.85. The molecule has 0 aliphatic carbocycles. The van der Waals surface area contributed by atoms with Gasteiger partial charge in [-0.2, -0.15) is 0 Å². The molecule has 2 N–H and O–H groups in total. The minimum Gasteiger partial charge on any atom is -0.369 e. The van der Waals surface area contributed by atoms with Crippen LogP contribution in [0.3, 0.4) is 0 Å². The lowest BCUT2D eigenvalue weighted by Gasteiger charge is -2.18. The highest BCUT2D eigenvalue weighted by molar-refractivity contribution is 5.97. The summed E-state index contributed by atoms with van der Waals surface area (Å²) in [5.41, 5.74) is 9.07. The third kappa shape index (κ3) is 3.03. The van der Waals surface area contributed by atoms with Gasteiger partial charge in [0.1, 0.15) is 0 Å². The summed E-state index contributed by atoms with van der Waals surface area (Å²) < 4.78 is 0. The topological polar surface area (TPSA) is 58.7 Å². The maximum Gasteiger partial charge on any atom is 0.200 e. The van der Waals surface area contributed by atoms with E-state index in [9.17, 15) is 4.79 Å². The summed E-state index contributed by atoms with van der Waals surface area (Å²) in [5.74, 6) is 0.336. The zero-order chi connectivity index (χ0) is 14.5. The molecule has 2 rings (SSSR count). The third-order valence-electron chi connectivity index (χ3n) is 3.03. The monoisotopic (exact) mass is 267 g/mol. The Balaban J connectivity index is 2.33. The molecule has 0 radical (unpaired) electrons. The van der Waals surface area contributed by atoms with Crippen molar-refractivity contribution in [3.8, 4) is 0 Å². The number of anilines is 1. The molecule has 0 fully saturated rings. The van der Waals surface area contributed by atoms with Gasteiger partial charge in [-0.3, -0.25) is 4.79 Å². The first-order chi connectivity index (χ1) is 9.61. The van der Waals surface area contributed by atoms with Crippen LogP contribution in [0.4, 0.5) is 11.4 Å². The molecule has 0 atom stereocenters. The molecular weight excluding hydrogens is 250 g/mol. The number of benzene rings is 2. The molecule has 102 valence electrons. The maximum absolute atomic E-state index is 11.1. The SMILES string of the molecule is Cc1ccc(N=C(N)N(C)c2ccccc2)c(C=O)c1. The van der Waals surface area contributed by atoms with Crippen LogP contribution < -0.4 is 10.6 Å². The number of rotatable bonds is 3. The van der Waals surface area contributed by atoms with Gasteiger partial charge >= 0.3 is 0 Å². The average Bonchev–Trinajstić information content (AvgIpc) is 2.49. The molecule has 4 nitrogen and oxygen atoms in total. The first kappa shape index (κ1) is 13.8. The van der Waals surface area contributed by atoms with Crippen molar-refractivity contribution in [2.45, 2.75) is 6.92 Å². The molecule has 20 heavy (non-hydrogen) atoms. The van der Waals surface area contributed by atoms with Crippen LogP contribution in [0.1, 0.15) is 15.9 Å². The van der Waals surface area contributed by atoms with Gasteiger partial charge in [-0.1, -0.05) is 29.8 Å². The average molecular weight is 267 g/mol. The number of aryl methyl sites for hydroxylation is 1. The van der Waals surface area contributed by atoms with Gasteiger partial charge in [0.05, 0.1) is 5.69 Å². The van der Waals surface area contributed by atoms with E-state index in [1.807, 2.05) is 50.4 Å². The van der Waals surface area contributed by atoms with Crippen LogP contribution in [0.2, 0.25) is 0 Å². The molecule has 0 unspecified atom stereocenters. The van der Waals surface area contributed by atoms with Gasteiger partial charge in [0.2, 0.25) is 5.96 Å². The molecule has 0 aliphatic heterocycles. The smallest absolute Gasteiger partial charge is 0.200 e. The highest BCUT2D eigenvalue weighted by Gasteiger charge is 2.06. The van der Waals surface area contributed by atoms with Crippen LogP contribution in [0.15, 0.2) is 53.5 Å². The first-order valence-corrected chi connectivity index (χ1v) is 6.30. The van der Waals surface area contributed by atoms with E-state index < -0.39 is 0 Å². The summed E-state index contributed by atoms with van der Waals surface area (Å²) in [6.45, 7) is 1.93.